The molecule has 0 bridgehead atoms. The number of carbonyl (C=O) groups is 3. The molecule has 1 atom stereocenters. The van der Waals surface area contributed by atoms with Crippen molar-refractivity contribution in [3.05, 3.63) is 42.2 Å². The minimum atomic E-state index is -1.50. The van der Waals surface area contributed by atoms with Crippen LogP contribution in [0.5, 0.6) is 0 Å². The van der Waals surface area contributed by atoms with Crippen LogP contribution in [0.4, 0.5) is 4.39 Å². The lowest BCUT2D eigenvalue weighted by atomic mass is 9.90. The van der Waals surface area contributed by atoms with Crippen molar-refractivity contribution in [1.82, 2.24) is 25.0 Å². The van der Waals surface area contributed by atoms with Crippen LogP contribution in [0.1, 0.15) is 32.3 Å². The van der Waals surface area contributed by atoms with Crippen molar-refractivity contribution >= 4 is 23.4 Å². The number of amidine groups is 1. The van der Waals surface area contributed by atoms with Gasteiger partial charge in [0.25, 0.3) is 17.6 Å². The summed E-state index contributed by atoms with van der Waals surface area (Å²) in [6.45, 7) is 4.31. The molecule has 2 aromatic rings. The maximum Gasteiger partial charge on any atom is 0.298 e. The summed E-state index contributed by atoms with van der Waals surface area (Å²) >= 11 is 0. The molecule has 1 unspecified atom stereocenters. The van der Waals surface area contributed by atoms with Gasteiger partial charge in [0.15, 0.2) is 6.04 Å². The molecule has 32 heavy (non-hydrogen) atoms. The number of ketones is 1. The van der Waals surface area contributed by atoms with Crippen molar-refractivity contribution in [3.63, 3.8) is 0 Å². The number of amides is 2. The maximum atomic E-state index is 13.8. The smallest absolute Gasteiger partial charge is 0.298 e. The summed E-state index contributed by atoms with van der Waals surface area (Å²) < 4.78 is 21.0. The van der Waals surface area contributed by atoms with E-state index in [1.807, 2.05) is 13.8 Å². The van der Waals surface area contributed by atoms with E-state index >= 15 is 0 Å². The van der Waals surface area contributed by atoms with Gasteiger partial charge in [-0.1, -0.05) is 19.9 Å². The number of carbonyl (C=O) groups excluding carboxylic acids is 3. The second kappa shape index (κ2) is 8.58. The Morgan fingerprint density at radius 2 is 2.09 bits per heavy atom. The van der Waals surface area contributed by atoms with Gasteiger partial charge in [-0.2, -0.15) is 5.10 Å². The van der Waals surface area contributed by atoms with Crippen LogP contribution in [0, 0.1) is 5.82 Å². The first-order chi connectivity index (χ1) is 15.4. The third-order valence-corrected chi connectivity index (χ3v) is 5.87. The Morgan fingerprint density at radius 1 is 1.31 bits per heavy atom. The lowest BCUT2D eigenvalue weighted by Gasteiger charge is -2.44. The average Bonchev–Trinajstić information content (AvgIpc) is 3.34. The summed E-state index contributed by atoms with van der Waals surface area (Å²) in [5.74, 6) is -2.50. The first kappa shape index (κ1) is 21.8. The number of fused-ring (bicyclic) bond motifs is 1. The van der Waals surface area contributed by atoms with E-state index in [1.54, 1.807) is 0 Å². The Hall–Kier alpha value is -3.47. The van der Waals surface area contributed by atoms with Gasteiger partial charge in [-0.15, -0.1) is 0 Å². The SMILES string of the molecule is CCC1(CC)OCCN2C(=O)C(=O)C(C(=O)NCc3ccc(F)cc3-n3cncn3)N=C21. The fourth-order valence-electron chi connectivity index (χ4n) is 4.02. The van der Waals surface area contributed by atoms with Crippen molar-refractivity contribution in [2.75, 3.05) is 13.2 Å². The molecule has 1 fully saturated rings. The highest BCUT2D eigenvalue weighted by Gasteiger charge is 2.49. The number of aromatic nitrogens is 3. The topological polar surface area (TPSA) is 119 Å². The number of halogens is 1. The number of hydrogen-bond acceptors (Lipinski definition) is 7. The maximum absolute atomic E-state index is 13.8. The Balaban J connectivity index is 1.59. The molecule has 1 N–H and O–H groups in total. The van der Waals surface area contributed by atoms with Crippen molar-refractivity contribution in [1.29, 1.82) is 0 Å². The number of benzene rings is 1. The average molecular weight is 442 g/mol. The zero-order valence-electron chi connectivity index (χ0n) is 17.7. The Kier molecular flexibility index (Phi) is 5.83. The molecular formula is C21H23FN6O4. The normalized spacial score (nSPS) is 20.0. The molecule has 0 saturated carbocycles. The third-order valence-electron chi connectivity index (χ3n) is 5.87. The molecule has 168 valence electrons. The molecule has 1 aromatic heterocycles. The number of ether oxygens (including phenoxy) is 1. The first-order valence-corrected chi connectivity index (χ1v) is 10.4. The number of rotatable bonds is 6. The summed E-state index contributed by atoms with van der Waals surface area (Å²) in [6.07, 6.45) is 3.81. The second-order valence-electron chi connectivity index (χ2n) is 7.56. The number of nitrogens with zero attached hydrogens (tertiary/aromatic N) is 5. The quantitative estimate of drug-likeness (QED) is 0.522. The van der Waals surface area contributed by atoms with E-state index in [-0.39, 0.29) is 13.1 Å². The number of nitrogens with one attached hydrogen (secondary N) is 1. The molecule has 0 aliphatic carbocycles. The van der Waals surface area contributed by atoms with Crippen LogP contribution in [0.3, 0.4) is 0 Å². The highest BCUT2D eigenvalue weighted by molar-refractivity contribution is 6.46. The van der Waals surface area contributed by atoms with E-state index in [9.17, 15) is 18.8 Å². The monoisotopic (exact) mass is 442 g/mol. The molecule has 0 radical (unpaired) electrons. The molecule has 3 heterocycles. The molecule has 2 amide bonds. The summed E-state index contributed by atoms with van der Waals surface area (Å²) in [6, 6.07) is 2.52. The summed E-state index contributed by atoms with van der Waals surface area (Å²) in [5.41, 5.74) is 0.124. The number of hydrogen-bond donors (Lipinski definition) is 1. The van der Waals surface area contributed by atoms with Crippen molar-refractivity contribution in [2.45, 2.75) is 44.9 Å². The van der Waals surface area contributed by atoms with E-state index in [0.717, 1.165) is 0 Å². The molecular weight excluding hydrogens is 419 g/mol. The molecule has 1 saturated heterocycles. The number of aliphatic imine (C=N–C) groups is 1. The van der Waals surface area contributed by atoms with Crippen LogP contribution in [-0.4, -0.2) is 67.9 Å². The minimum absolute atomic E-state index is 0.0238. The molecule has 2 aliphatic heterocycles. The van der Waals surface area contributed by atoms with E-state index in [1.165, 1.54) is 40.4 Å². The van der Waals surface area contributed by atoms with Crippen LogP contribution in [-0.2, 0) is 25.7 Å². The Labute approximate surface area is 183 Å². The Morgan fingerprint density at radius 3 is 2.78 bits per heavy atom. The van der Waals surface area contributed by atoms with Crippen molar-refractivity contribution < 1.29 is 23.5 Å². The van der Waals surface area contributed by atoms with Gasteiger partial charge in [-0.05, 0) is 30.5 Å². The zero-order valence-corrected chi connectivity index (χ0v) is 17.7. The molecule has 11 heteroatoms. The molecule has 4 rings (SSSR count). The van der Waals surface area contributed by atoms with Gasteiger partial charge in [0.1, 0.15) is 29.9 Å². The third kappa shape index (κ3) is 3.68. The van der Waals surface area contributed by atoms with Crippen LogP contribution >= 0.6 is 0 Å². The lowest BCUT2D eigenvalue weighted by Crippen LogP contribution is -2.64. The molecule has 1 aromatic carbocycles. The van der Waals surface area contributed by atoms with Crippen molar-refractivity contribution in [2.24, 2.45) is 4.99 Å². The van der Waals surface area contributed by atoms with Crippen molar-refractivity contribution in [3.8, 4) is 5.69 Å². The van der Waals surface area contributed by atoms with Gasteiger partial charge in [-0.25, -0.2) is 19.0 Å². The van der Waals surface area contributed by atoms with Crippen LogP contribution in [0.25, 0.3) is 5.69 Å². The second-order valence-corrected chi connectivity index (χ2v) is 7.56. The highest BCUT2D eigenvalue weighted by atomic mass is 19.1. The van der Waals surface area contributed by atoms with Crippen LogP contribution in [0.15, 0.2) is 35.8 Å². The summed E-state index contributed by atoms with van der Waals surface area (Å²) in [5, 5.41) is 6.63. The molecule has 2 aliphatic rings. The fourth-order valence-corrected chi connectivity index (χ4v) is 4.02. The van der Waals surface area contributed by atoms with Gasteiger partial charge in [0.05, 0.1) is 18.8 Å². The fraction of sp³-hybridized carbons (Fsp3) is 0.429. The van der Waals surface area contributed by atoms with Crippen LogP contribution < -0.4 is 5.32 Å². The van der Waals surface area contributed by atoms with E-state index in [4.69, 9.17) is 4.74 Å². The molecule has 0 spiro atoms. The Bertz CT molecular complexity index is 1080. The summed E-state index contributed by atoms with van der Waals surface area (Å²) in [7, 11) is 0. The van der Waals surface area contributed by atoms with Gasteiger partial charge < -0.3 is 10.1 Å². The van der Waals surface area contributed by atoms with Gasteiger partial charge >= 0.3 is 0 Å². The van der Waals surface area contributed by atoms with E-state index < -0.39 is 35.1 Å². The standard InChI is InChI=1S/C21H23FN6O4/c1-3-21(4-2)20-26-16(17(29)19(31)27(20)7-8-32-21)18(30)24-10-13-5-6-14(22)9-15(13)28-12-23-11-25-28/h5-6,9,11-12,16H,3-4,7-8,10H2,1-2H3,(H,24,30). The van der Waals surface area contributed by atoms with E-state index in [2.05, 4.69) is 20.4 Å². The predicted molar refractivity (Wildman–Crippen MR) is 110 cm³/mol. The first-order valence-electron chi connectivity index (χ1n) is 10.4. The largest absolute Gasteiger partial charge is 0.365 e. The highest BCUT2D eigenvalue weighted by Crippen LogP contribution is 2.31. The van der Waals surface area contributed by atoms with Gasteiger partial charge in [0, 0.05) is 6.54 Å². The minimum Gasteiger partial charge on any atom is -0.365 e. The van der Waals surface area contributed by atoms with Gasteiger partial charge in [0.2, 0.25) is 0 Å². The lowest BCUT2D eigenvalue weighted by molar-refractivity contribution is -0.149. The van der Waals surface area contributed by atoms with Crippen LogP contribution in [0.2, 0.25) is 0 Å². The zero-order chi connectivity index (χ0) is 22.9. The number of morpholine rings is 1. The predicted octanol–water partition coefficient (Wildman–Crippen LogP) is 0.790. The van der Waals surface area contributed by atoms with Gasteiger partial charge in [-0.3, -0.25) is 19.3 Å². The summed E-state index contributed by atoms with van der Waals surface area (Å²) in [4.78, 5) is 47.8. The molecule has 10 nitrogen and oxygen atoms in total. The van der Waals surface area contributed by atoms with E-state index in [0.29, 0.717) is 36.5 Å². The number of Topliss-reactive ketones (excluding diaryl/α,β-unsaturated/α-hetero) is 1.